The van der Waals surface area contributed by atoms with Crippen LogP contribution in [0, 0.1) is 11.8 Å². The molecule has 136 valence electrons. The monoisotopic (exact) mass is 414 g/mol. The number of nitrogens with one attached hydrogen (secondary N) is 1. The van der Waals surface area contributed by atoms with E-state index in [0.717, 1.165) is 36.1 Å². The standard InChI is InChI=1S/C21H23BrN2O2/c22-18-6-5-16-9-15(3-4-17(16)10-18)11-24-21(25)20-8-7-19(12-23-20)26-13-14-1-2-14/h5-8,10,12,14-15H,1-4,9,11,13H2,(H,24,25). The summed E-state index contributed by atoms with van der Waals surface area (Å²) in [6.07, 6.45) is 7.36. The van der Waals surface area contributed by atoms with Crippen LogP contribution in [0.15, 0.2) is 41.0 Å². The Bertz CT molecular complexity index is 787. The van der Waals surface area contributed by atoms with Crippen LogP contribution in [0.25, 0.3) is 0 Å². The van der Waals surface area contributed by atoms with Gasteiger partial charge in [0.1, 0.15) is 11.4 Å². The lowest BCUT2D eigenvalue weighted by Gasteiger charge is -2.25. The first kappa shape index (κ1) is 17.5. The number of aromatic nitrogens is 1. The minimum Gasteiger partial charge on any atom is -0.492 e. The Morgan fingerprint density at radius 1 is 1.15 bits per heavy atom. The molecule has 1 atom stereocenters. The summed E-state index contributed by atoms with van der Waals surface area (Å²) < 4.78 is 6.80. The van der Waals surface area contributed by atoms with Crippen molar-refractivity contribution in [3.63, 3.8) is 0 Å². The van der Waals surface area contributed by atoms with Crippen molar-refractivity contribution >= 4 is 21.8 Å². The van der Waals surface area contributed by atoms with Gasteiger partial charge in [-0.15, -0.1) is 0 Å². The molecule has 1 amide bonds. The molecule has 0 radical (unpaired) electrons. The van der Waals surface area contributed by atoms with Crippen molar-refractivity contribution in [3.05, 3.63) is 57.8 Å². The number of pyridine rings is 1. The van der Waals surface area contributed by atoms with Crippen LogP contribution in [-0.4, -0.2) is 24.0 Å². The third-order valence-electron chi connectivity index (χ3n) is 5.20. The van der Waals surface area contributed by atoms with E-state index in [4.69, 9.17) is 4.74 Å². The van der Waals surface area contributed by atoms with Crippen LogP contribution in [0.4, 0.5) is 0 Å². The number of halogens is 1. The molecule has 4 nitrogen and oxygen atoms in total. The van der Waals surface area contributed by atoms with Crippen LogP contribution in [0.1, 0.15) is 40.9 Å². The Morgan fingerprint density at radius 3 is 2.81 bits per heavy atom. The maximum atomic E-state index is 12.3. The zero-order valence-electron chi connectivity index (χ0n) is 14.7. The average Bonchev–Trinajstić information content (AvgIpc) is 3.49. The topological polar surface area (TPSA) is 51.2 Å². The van der Waals surface area contributed by atoms with Gasteiger partial charge >= 0.3 is 0 Å². The highest BCUT2D eigenvalue weighted by atomic mass is 79.9. The van der Waals surface area contributed by atoms with Crippen LogP contribution in [-0.2, 0) is 12.8 Å². The van der Waals surface area contributed by atoms with Gasteiger partial charge in [0.2, 0.25) is 0 Å². The van der Waals surface area contributed by atoms with Gasteiger partial charge in [-0.25, -0.2) is 4.98 Å². The van der Waals surface area contributed by atoms with Crippen molar-refractivity contribution in [3.8, 4) is 5.75 Å². The molecule has 26 heavy (non-hydrogen) atoms. The number of benzene rings is 1. The number of fused-ring (bicyclic) bond motifs is 1. The maximum absolute atomic E-state index is 12.3. The first-order chi connectivity index (χ1) is 12.7. The smallest absolute Gasteiger partial charge is 0.269 e. The fourth-order valence-corrected chi connectivity index (χ4v) is 3.81. The van der Waals surface area contributed by atoms with E-state index in [1.807, 2.05) is 6.07 Å². The largest absolute Gasteiger partial charge is 0.492 e. The maximum Gasteiger partial charge on any atom is 0.269 e. The van der Waals surface area contributed by atoms with E-state index >= 15 is 0 Å². The summed E-state index contributed by atoms with van der Waals surface area (Å²) in [5.74, 6) is 1.82. The third-order valence-corrected chi connectivity index (χ3v) is 5.69. The van der Waals surface area contributed by atoms with Crippen molar-refractivity contribution in [2.45, 2.75) is 32.1 Å². The van der Waals surface area contributed by atoms with E-state index in [1.165, 1.54) is 24.0 Å². The highest BCUT2D eigenvalue weighted by Gasteiger charge is 2.22. The van der Waals surface area contributed by atoms with E-state index < -0.39 is 0 Å². The lowest BCUT2D eigenvalue weighted by atomic mass is 9.84. The van der Waals surface area contributed by atoms with Crippen molar-refractivity contribution in [1.29, 1.82) is 0 Å². The molecule has 5 heteroatoms. The van der Waals surface area contributed by atoms with E-state index in [0.29, 0.717) is 24.1 Å². The molecule has 4 rings (SSSR count). The molecular formula is C21H23BrN2O2. The van der Waals surface area contributed by atoms with Gasteiger partial charge in [-0.1, -0.05) is 22.0 Å². The van der Waals surface area contributed by atoms with Crippen LogP contribution in [0.5, 0.6) is 5.75 Å². The van der Waals surface area contributed by atoms with Crippen LogP contribution in [0.3, 0.4) is 0 Å². The summed E-state index contributed by atoms with van der Waals surface area (Å²) in [6.45, 7) is 1.45. The van der Waals surface area contributed by atoms with Gasteiger partial charge in [0, 0.05) is 11.0 Å². The number of carbonyl (C=O) groups is 1. The molecule has 1 heterocycles. The number of hydrogen-bond acceptors (Lipinski definition) is 3. The number of amides is 1. The summed E-state index contributed by atoms with van der Waals surface area (Å²) >= 11 is 3.53. The molecule has 1 fully saturated rings. The molecule has 1 aromatic carbocycles. The van der Waals surface area contributed by atoms with Gasteiger partial charge in [-0.3, -0.25) is 4.79 Å². The minimum absolute atomic E-state index is 0.111. The molecule has 2 aliphatic rings. The first-order valence-corrected chi connectivity index (χ1v) is 10.1. The second-order valence-corrected chi connectivity index (χ2v) is 8.28. The molecule has 1 aromatic heterocycles. The molecule has 0 bridgehead atoms. The molecule has 0 spiro atoms. The molecule has 1 unspecified atom stereocenters. The average molecular weight is 415 g/mol. The van der Waals surface area contributed by atoms with Crippen LogP contribution < -0.4 is 10.1 Å². The van der Waals surface area contributed by atoms with Crippen LogP contribution in [0.2, 0.25) is 0 Å². The van der Waals surface area contributed by atoms with Crippen molar-refractivity contribution in [2.24, 2.45) is 11.8 Å². The molecule has 2 aliphatic carbocycles. The van der Waals surface area contributed by atoms with Gasteiger partial charge in [-0.2, -0.15) is 0 Å². The van der Waals surface area contributed by atoms with Crippen molar-refractivity contribution in [2.75, 3.05) is 13.2 Å². The zero-order chi connectivity index (χ0) is 17.9. The van der Waals surface area contributed by atoms with E-state index in [1.54, 1.807) is 12.3 Å². The number of rotatable bonds is 6. The van der Waals surface area contributed by atoms with E-state index in [9.17, 15) is 4.79 Å². The Morgan fingerprint density at radius 2 is 2.04 bits per heavy atom. The zero-order valence-corrected chi connectivity index (χ0v) is 16.3. The second-order valence-electron chi connectivity index (χ2n) is 7.37. The first-order valence-electron chi connectivity index (χ1n) is 9.32. The highest BCUT2D eigenvalue weighted by Crippen LogP contribution is 2.29. The lowest BCUT2D eigenvalue weighted by molar-refractivity contribution is 0.0940. The summed E-state index contributed by atoms with van der Waals surface area (Å²) in [7, 11) is 0. The predicted molar refractivity (Wildman–Crippen MR) is 104 cm³/mol. The Labute approximate surface area is 162 Å². The van der Waals surface area contributed by atoms with E-state index in [-0.39, 0.29) is 5.91 Å². The minimum atomic E-state index is -0.111. The predicted octanol–water partition coefficient (Wildman–Crippen LogP) is 4.17. The summed E-state index contributed by atoms with van der Waals surface area (Å²) in [5.41, 5.74) is 3.27. The Hall–Kier alpha value is -1.88. The van der Waals surface area contributed by atoms with Gasteiger partial charge < -0.3 is 10.1 Å². The summed E-state index contributed by atoms with van der Waals surface area (Å²) in [6, 6.07) is 10.1. The summed E-state index contributed by atoms with van der Waals surface area (Å²) in [5, 5.41) is 3.04. The number of carbonyl (C=O) groups excluding carboxylic acids is 1. The second kappa shape index (κ2) is 7.78. The number of hydrogen-bond donors (Lipinski definition) is 1. The lowest BCUT2D eigenvalue weighted by Crippen LogP contribution is -2.32. The molecular weight excluding hydrogens is 392 g/mol. The van der Waals surface area contributed by atoms with Gasteiger partial charge in [0.05, 0.1) is 12.8 Å². The number of aryl methyl sites for hydroxylation is 1. The van der Waals surface area contributed by atoms with Gasteiger partial charge in [0.25, 0.3) is 5.91 Å². The SMILES string of the molecule is O=C(NCC1CCc2cc(Br)ccc2C1)c1ccc(OCC2CC2)cn1. The molecule has 2 aromatic rings. The Balaban J connectivity index is 1.27. The fourth-order valence-electron chi connectivity index (χ4n) is 3.40. The van der Waals surface area contributed by atoms with Gasteiger partial charge in [0.15, 0.2) is 0 Å². The van der Waals surface area contributed by atoms with Crippen LogP contribution >= 0.6 is 15.9 Å². The number of ether oxygens (including phenoxy) is 1. The van der Waals surface area contributed by atoms with Crippen molar-refractivity contribution in [1.82, 2.24) is 10.3 Å². The fraction of sp³-hybridized carbons (Fsp3) is 0.429. The Kier molecular flexibility index (Phi) is 5.25. The van der Waals surface area contributed by atoms with E-state index in [2.05, 4.69) is 44.4 Å². The molecule has 1 saturated carbocycles. The number of nitrogens with zero attached hydrogens (tertiary/aromatic N) is 1. The molecule has 0 aliphatic heterocycles. The molecule has 0 saturated heterocycles. The molecule has 1 N–H and O–H groups in total. The summed E-state index contributed by atoms with van der Waals surface area (Å²) in [4.78, 5) is 16.6. The quantitative estimate of drug-likeness (QED) is 0.771. The third kappa shape index (κ3) is 4.44. The highest BCUT2D eigenvalue weighted by molar-refractivity contribution is 9.10. The van der Waals surface area contributed by atoms with Gasteiger partial charge in [-0.05, 0) is 79.3 Å². The normalized spacial score (nSPS) is 18.9. The van der Waals surface area contributed by atoms with Crippen molar-refractivity contribution < 1.29 is 9.53 Å².